The zero-order valence-electron chi connectivity index (χ0n) is 22.7. The van der Waals surface area contributed by atoms with E-state index in [2.05, 4.69) is 0 Å². The Balaban J connectivity index is 0.000000337. The first kappa shape index (κ1) is 33.3. The molecule has 1 fully saturated rings. The zero-order chi connectivity index (χ0) is 31.0. The second-order valence-corrected chi connectivity index (χ2v) is 10.1. The predicted octanol–water partition coefficient (Wildman–Crippen LogP) is 3.03. The van der Waals surface area contributed by atoms with Gasteiger partial charge in [-0.05, 0) is 60.9 Å². The molecule has 0 amide bonds. The number of benzene rings is 3. The Morgan fingerprint density at radius 1 is 1.02 bits per heavy atom. The minimum Gasteiger partial charge on any atom is -0.494 e. The summed E-state index contributed by atoms with van der Waals surface area (Å²) < 4.78 is 41.2. The van der Waals surface area contributed by atoms with E-state index < -0.39 is 60.6 Å². The molecule has 0 radical (unpaired) electrons. The van der Waals surface area contributed by atoms with Crippen LogP contribution in [0.5, 0.6) is 5.75 Å². The summed E-state index contributed by atoms with van der Waals surface area (Å²) >= 11 is 6.06. The average Bonchev–Trinajstić information content (AvgIpc) is 2.98. The summed E-state index contributed by atoms with van der Waals surface area (Å²) in [4.78, 5) is 10.4. The Labute approximate surface area is 246 Å². The molecule has 1 saturated heterocycles. The number of carboxylic acids is 1. The van der Waals surface area contributed by atoms with Gasteiger partial charge in [-0.15, -0.1) is 0 Å². The topological polar surface area (TPSA) is 163 Å². The number of halogens is 3. The number of hydrogen-bond acceptors (Lipinski definition) is 8. The lowest BCUT2D eigenvalue weighted by Crippen LogP contribution is -2.55. The van der Waals surface area contributed by atoms with Crippen molar-refractivity contribution < 1.29 is 48.6 Å². The molecule has 7 N–H and O–H groups in total. The lowest BCUT2D eigenvalue weighted by Gasteiger charge is -2.40. The number of aliphatic hydroxyl groups excluding tert-OH is 4. The van der Waals surface area contributed by atoms with Gasteiger partial charge in [-0.25, -0.2) is 0 Å². The quantitative estimate of drug-likeness (QED) is 0.214. The van der Waals surface area contributed by atoms with Crippen LogP contribution in [0.2, 0.25) is 5.02 Å². The predicted molar refractivity (Wildman–Crippen MR) is 151 cm³/mol. The smallest absolute Gasteiger partial charge is 0.320 e. The van der Waals surface area contributed by atoms with E-state index in [0.717, 1.165) is 11.6 Å². The van der Waals surface area contributed by atoms with Crippen LogP contribution < -0.4 is 10.5 Å². The number of aliphatic carboxylic acids is 1. The van der Waals surface area contributed by atoms with E-state index in [0.29, 0.717) is 18.8 Å². The van der Waals surface area contributed by atoms with E-state index >= 15 is 8.78 Å². The average molecular weight is 610 g/mol. The Hall–Kier alpha value is -3.16. The standard InChI is InChI=1S/C21H23ClF2O6.C9H11NO2/c1-2-29-13-6-4-12(5-7-13)21(23,24)14-9-11(3-8-15(14)22)20-19(28)18(27)17(26)16(10-25)30-20;10-8(9(11)12)6-7-4-2-1-3-5-7/h3-9,16-20,25-28H,2,10H2,1H3;1-5,8H,6,10H2,(H,11,12)/t16-,17-,18+,19-,20+;8-/m10/s1. The van der Waals surface area contributed by atoms with Crippen molar-refractivity contribution in [2.24, 2.45) is 5.73 Å². The molecule has 6 atom stereocenters. The first-order valence-corrected chi connectivity index (χ1v) is 13.5. The highest BCUT2D eigenvalue weighted by Gasteiger charge is 2.45. The number of rotatable bonds is 9. The van der Waals surface area contributed by atoms with Crippen molar-refractivity contribution in [2.45, 2.75) is 55.8 Å². The second-order valence-electron chi connectivity index (χ2n) is 9.66. The third-order valence-electron chi connectivity index (χ3n) is 6.69. The van der Waals surface area contributed by atoms with Crippen LogP contribution in [0, 0.1) is 0 Å². The van der Waals surface area contributed by atoms with Crippen LogP contribution in [0.25, 0.3) is 0 Å². The van der Waals surface area contributed by atoms with Gasteiger partial charge in [-0.1, -0.05) is 48.0 Å². The SMILES string of the molecule is CCOc1ccc(C(F)(F)c2cc([C@@H]3O[C@H](CO)[C@@H](O)[C@H](O)[C@H]3O)ccc2Cl)cc1.N[C@@H](Cc1ccccc1)C(=O)O. The summed E-state index contributed by atoms with van der Waals surface area (Å²) in [6, 6.07) is 17.6. The maximum atomic E-state index is 15.2. The van der Waals surface area contributed by atoms with Crippen LogP contribution in [0.15, 0.2) is 72.8 Å². The van der Waals surface area contributed by atoms with Crippen LogP contribution in [-0.2, 0) is 21.9 Å². The number of alkyl halides is 2. The minimum absolute atomic E-state index is 0.122. The van der Waals surface area contributed by atoms with Crippen LogP contribution in [-0.4, -0.2) is 75.2 Å². The van der Waals surface area contributed by atoms with E-state index in [1.807, 2.05) is 30.3 Å². The monoisotopic (exact) mass is 609 g/mol. The van der Waals surface area contributed by atoms with Crippen molar-refractivity contribution in [3.8, 4) is 5.75 Å². The maximum Gasteiger partial charge on any atom is 0.320 e. The summed E-state index contributed by atoms with van der Waals surface area (Å²) in [7, 11) is 0. The Bertz CT molecular complexity index is 1300. The van der Waals surface area contributed by atoms with Gasteiger partial charge in [-0.3, -0.25) is 4.79 Å². The zero-order valence-corrected chi connectivity index (χ0v) is 23.4. The van der Waals surface area contributed by atoms with E-state index in [1.165, 1.54) is 36.4 Å². The number of carbonyl (C=O) groups is 1. The normalized spacial score (nSPS) is 22.9. The first-order chi connectivity index (χ1) is 19.9. The molecule has 12 heteroatoms. The highest BCUT2D eigenvalue weighted by Crippen LogP contribution is 2.42. The number of nitrogens with two attached hydrogens (primary N) is 1. The summed E-state index contributed by atoms with van der Waals surface area (Å²) in [5.74, 6) is -3.97. The first-order valence-electron chi connectivity index (χ1n) is 13.1. The summed E-state index contributed by atoms with van der Waals surface area (Å²) in [6.07, 6.45) is -6.76. The third-order valence-corrected chi connectivity index (χ3v) is 7.02. The van der Waals surface area contributed by atoms with Crippen LogP contribution in [0.1, 0.15) is 35.3 Å². The van der Waals surface area contributed by atoms with Crippen molar-refractivity contribution in [1.82, 2.24) is 0 Å². The van der Waals surface area contributed by atoms with E-state index in [1.54, 1.807) is 6.92 Å². The summed E-state index contributed by atoms with van der Waals surface area (Å²) in [5.41, 5.74) is 5.60. The van der Waals surface area contributed by atoms with E-state index in [4.69, 9.17) is 31.9 Å². The summed E-state index contributed by atoms with van der Waals surface area (Å²) in [6.45, 7) is 1.57. The Morgan fingerprint density at radius 3 is 2.24 bits per heavy atom. The number of aliphatic hydroxyl groups is 4. The molecule has 4 rings (SSSR count). The molecule has 42 heavy (non-hydrogen) atoms. The van der Waals surface area contributed by atoms with Gasteiger partial charge in [0.05, 0.1) is 18.2 Å². The number of hydrogen-bond donors (Lipinski definition) is 6. The number of ether oxygens (including phenoxy) is 2. The Kier molecular flexibility index (Phi) is 11.8. The molecule has 0 saturated carbocycles. The molecule has 0 bridgehead atoms. The van der Waals surface area contributed by atoms with Crippen molar-refractivity contribution in [3.05, 3.63) is 100 Å². The molecule has 228 valence electrons. The molecule has 1 aliphatic heterocycles. The highest BCUT2D eigenvalue weighted by atomic mass is 35.5. The second kappa shape index (κ2) is 14.8. The molecule has 0 spiro atoms. The van der Waals surface area contributed by atoms with Crippen molar-refractivity contribution in [1.29, 1.82) is 0 Å². The molecule has 1 aliphatic rings. The van der Waals surface area contributed by atoms with Crippen molar-refractivity contribution >= 4 is 17.6 Å². The molecule has 9 nitrogen and oxygen atoms in total. The van der Waals surface area contributed by atoms with Gasteiger partial charge in [-0.2, -0.15) is 8.78 Å². The molecular weight excluding hydrogens is 576 g/mol. The van der Waals surface area contributed by atoms with Crippen molar-refractivity contribution in [2.75, 3.05) is 13.2 Å². The molecular formula is C30H34ClF2NO8. The summed E-state index contributed by atoms with van der Waals surface area (Å²) in [5, 5.41) is 47.8. The van der Waals surface area contributed by atoms with Crippen molar-refractivity contribution in [3.63, 3.8) is 0 Å². The largest absolute Gasteiger partial charge is 0.494 e. The molecule has 3 aromatic carbocycles. The maximum absolute atomic E-state index is 15.2. The lowest BCUT2D eigenvalue weighted by atomic mass is 9.89. The van der Waals surface area contributed by atoms with Gasteiger partial charge in [0.15, 0.2) is 0 Å². The fourth-order valence-corrected chi connectivity index (χ4v) is 4.61. The van der Waals surface area contributed by atoms with Crippen LogP contribution in [0.4, 0.5) is 8.78 Å². The van der Waals surface area contributed by atoms with Gasteiger partial charge >= 0.3 is 5.97 Å². The van der Waals surface area contributed by atoms with Crippen LogP contribution >= 0.6 is 11.6 Å². The lowest BCUT2D eigenvalue weighted by molar-refractivity contribution is -0.231. The molecule has 0 unspecified atom stereocenters. The Morgan fingerprint density at radius 2 is 1.67 bits per heavy atom. The van der Waals surface area contributed by atoms with Gasteiger partial charge in [0.25, 0.3) is 5.92 Å². The van der Waals surface area contributed by atoms with Gasteiger partial charge in [0, 0.05) is 11.1 Å². The van der Waals surface area contributed by atoms with E-state index in [-0.39, 0.29) is 16.1 Å². The molecule has 3 aromatic rings. The molecule has 1 heterocycles. The molecule has 0 aromatic heterocycles. The fourth-order valence-electron chi connectivity index (χ4n) is 4.38. The van der Waals surface area contributed by atoms with Gasteiger partial charge < -0.3 is 40.7 Å². The number of carboxylic acid groups (broad SMARTS) is 1. The van der Waals surface area contributed by atoms with Gasteiger partial charge in [0.2, 0.25) is 0 Å². The highest BCUT2D eigenvalue weighted by molar-refractivity contribution is 6.31. The van der Waals surface area contributed by atoms with E-state index in [9.17, 15) is 25.2 Å². The molecule has 0 aliphatic carbocycles. The van der Waals surface area contributed by atoms with Gasteiger partial charge in [0.1, 0.15) is 42.3 Å². The third kappa shape index (κ3) is 8.01. The minimum atomic E-state index is -3.47. The fraction of sp³-hybridized carbons (Fsp3) is 0.367. The van der Waals surface area contributed by atoms with Crippen LogP contribution in [0.3, 0.4) is 0 Å².